The van der Waals surface area contributed by atoms with E-state index < -0.39 is 0 Å². The summed E-state index contributed by atoms with van der Waals surface area (Å²) in [6.45, 7) is 6.41. The lowest BCUT2D eigenvalue weighted by atomic mass is 10.1. The van der Waals surface area contributed by atoms with Gasteiger partial charge < -0.3 is 9.72 Å². The molecule has 6 heteroatoms. The summed E-state index contributed by atoms with van der Waals surface area (Å²) in [5.74, 6) is 0.954. The van der Waals surface area contributed by atoms with E-state index in [2.05, 4.69) is 16.0 Å². The van der Waals surface area contributed by atoms with Crippen LogP contribution in [0.3, 0.4) is 0 Å². The molecule has 0 saturated carbocycles. The quantitative estimate of drug-likeness (QED) is 0.564. The summed E-state index contributed by atoms with van der Waals surface area (Å²) in [5.41, 5.74) is 5.14. The third kappa shape index (κ3) is 3.55. The number of aryl methyl sites for hydroxylation is 2. The summed E-state index contributed by atoms with van der Waals surface area (Å²) in [4.78, 5) is 7.74. The molecule has 0 aliphatic rings. The zero-order valence-corrected chi connectivity index (χ0v) is 16.2. The number of allylic oxidation sites excluding steroid dienone is 1. The molecule has 132 valence electrons. The van der Waals surface area contributed by atoms with Crippen molar-refractivity contribution in [2.24, 2.45) is 0 Å². The van der Waals surface area contributed by atoms with Gasteiger partial charge in [-0.05, 0) is 67.8 Å². The van der Waals surface area contributed by atoms with Crippen molar-refractivity contribution in [3.8, 4) is 11.8 Å². The van der Waals surface area contributed by atoms with Gasteiger partial charge >= 0.3 is 0 Å². The maximum Gasteiger partial charge on any atom is 0.156 e. The molecule has 0 atom stereocenters. The second-order valence-electron chi connectivity index (χ2n) is 5.96. The summed E-state index contributed by atoms with van der Waals surface area (Å²) < 4.78 is 5.43. The Morgan fingerprint density at radius 2 is 1.85 bits per heavy atom. The first-order valence-electron chi connectivity index (χ1n) is 8.14. The summed E-state index contributed by atoms with van der Waals surface area (Å²) in [6, 6.07) is 9.65. The molecule has 1 heterocycles. The number of nitrogens with one attached hydrogen (secondary N) is 1. The van der Waals surface area contributed by atoms with Crippen LogP contribution >= 0.6 is 23.2 Å². The van der Waals surface area contributed by atoms with Crippen LogP contribution in [0, 0.1) is 25.2 Å². The molecule has 0 spiro atoms. The van der Waals surface area contributed by atoms with Gasteiger partial charge in [0, 0.05) is 0 Å². The molecule has 3 aromatic rings. The van der Waals surface area contributed by atoms with E-state index in [0.717, 1.165) is 16.6 Å². The Morgan fingerprint density at radius 1 is 1.19 bits per heavy atom. The Balaban J connectivity index is 2.05. The first-order valence-corrected chi connectivity index (χ1v) is 8.89. The number of rotatable bonds is 4. The number of hydrogen-bond donors (Lipinski definition) is 1. The average molecular weight is 386 g/mol. The number of hydrogen-bond acceptors (Lipinski definition) is 3. The Hall–Kier alpha value is -2.48. The summed E-state index contributed by atoms with van der Waals surface area (Å²) >= 11 is 12.5. The fourth-order valence-electron chi connectivity index (χ4n) is 2.66. The molecule has 3 rings (SSSR count). The maximum atomic E-state index is 9.58. The van der Waals surface area contributed by atoms with Crippen LogP contribution in [0.4, 0.5) is 0 Å². The largest absolute Gasteiger partial charge is 0.491 e. The minimum atomic E-state index is 0.396. The van der Waals surface area contributed by atoms with Gasteiger partial charge in [-0.1, -0.05) is 23.2 Å². The van der Waals surface area contributed by atoms with Crippen LogP contribution in [0.2, 0.25) is 10.0 Å². The molecule has 26 heavy (non-hydrogen) atoms. The number of ether oxygens (including phenoxy) is 1. The van der Waals surface area contributed by atoms with Gasteiger partial charge in [-0.25, -0.2) is 4.98 Å². The second kappa shape index (κ2) is 7.41. The van der Waals surface area contributed by atoms with E-state index in [1.807, 2.05) is 32.9 Å². The molecule has 0 unspecified atom stereocenters. The van der Waals surface area contributed by atoms with Crippen LogP contribution in [0.25, 0.3) is 22.7 Å². The third-order valence-electron chi connectivity index (χ3n) is 4.09. The van der Waals surface area contributed by atoms with Crippen molar-refractivity contribution in [3.05, 3.63) is 56.8 Å². The number of nitrogens with zero attached hydrogens (tertiary/aromatic N) is 2. The van der Waals surface area contributed by atoms with Gasteiger partial charge in [0.2, 0.25) is 0 Å². The number of H-pyrrole nitrogens is 1. The SMILES string of the molecule is CCOc1c(Cl)cc(/C=C(/C#N)c2nc3cc(C)c(C)cc3[nH]2)cc1Cl. The highest BCUT2D eigenvalue weighted by Crippen LogP contribution is 2.35. The van der Waals surface area contributed by atoms with E-state index in [1.54, 1.807) is 18.2 Å². The van der Waals surface area contributed by atoms with E-state index in [-0.39, 0.29) is 0 Å². The number of nitriles is 1. The molecule has 1 aromatic heterocycles. The second-order valence-corrected chi connectivity index (χ2v) is 6.77. The monoisotopic (exact) mass is 385 g/mol. The molecule has 2 aromatic carbocycles. The predicted octanol–water partition coefficient (Wildman–Crippen LogP) is 5.95. The molecule has 0 radical (unpaired) electrons. The van der Waals surface area contributed by atoms with Gasteiger partial charge in [-0.2, -0.15) is 5.26 Å². The minimum absolute atomic E-state index is 0.396. The van der Waals surface area contributed by atoms with E-state index in [0.29, 0.717) is 39.4 Å². The normalized spacial score (nSPS) is 11.6. The lowest BCUT2D eigenvalue weighted by molar-refractivity contribution is 0.340. The Morgan fingerprint density at radius 3 is 2.46 bits per heavy atom. The summed E-state index contributed by atoms with van der Waals surface area (Å²) in [7, 11) is 0. The highest BCUT2D eigenvalue weighted by atomic mass is 35.5. The predicted molar refractivity (Wildman–Crippen MR) is 107 cm³/mol. The van der Waals surface area contributed by atoms with Gasteiger partial charge in [0.1, 0.15) is 11.9 Å². The van der Waals surface area contributed by atoms with Crippen molar-refractivity contribution < 1.29 is 4.74 Å². The molecule has 0 fully saturated rings. The average Bonchev–Trinajstić information content (AvgIpc) is 2.99. The van der Waals surface area contributed by atoms with E-state index in [9.17, 15) is 5.26 Å². The van der Waals surface area contributed by atoms with Crippen LogP contribution in [0.1, 0.15) is 29.4 Å². The van der Waals surface area contributed by atoms with Crippen molar-refractivity contribution in [2.45, 2.75) is 20.8 Å². The lowest BCUT2D eigenvalue weighted by Crippen LogP contribution is -1.94. The van der Waals surface area contributed by atoms with Gasteiger partial charge in [-0.15, -0.1) is 0 Å². The van der Waals surface area contributed by atoms with Crippen molar-refractivity contribution >= 4 is 45.9 Å². The first kappa shape index (κ1) is 18.3. The molecule has 0 aliphatic carbocycles. The number of aromatic amines is 1. The number of halogens is 2. The van der Waals surface area contributed by atoms with Gasteiger partial charge in [0.25, 0.3) is 0 Å². The molecule has 0 aliphatic heterocycles. The maximum absolute atomic E-state index is 9.58. The Kier molecular flexibility index (Phi) is 5.22. The molecular weight excluding hydrogens is 369 g/mol. The van der Waals surface area contributed by atoms with Crippen LogP contribution in [0.5, 0.6) is 5.75 Å². The van der Waals surface area contributed by atoms with Crippen molar-refractivity contribution in [1.29, 1.82) is 5.26 Å². The number of imidazole rings is 1. The lowest BCUT2D eigenvalue weighted by Gasteiger charge is -2.08. The molecule has 0 amide bonds. The molecular formula is C20H17Cl2N3O. The van der Waals surface area contributed by atoms with Crippen molar-refractivity contribution in [1.82, 2.24) is 9.97 Å². The number of fused-ring (bicyclic) bond motifs is 1. The first-order chi connectivity index (χ1) is 12.4. The van der Waals surface area contributed by atoms with Crippen molar-refractivity contribution in [3.63, 3.8) is 0 Å². The molecule has 0 saturated heterocycles. The van der Waals surface area contributed by atoms with Gasteiger partial charge in [-0.3, -0.25) is 0 Å². The van der Waals surface area contributed by atoms with Crippen LogP contribution in [-0.2, 0) is 0 Å². The number of benzene rings is 2. The molecule has 1 N–H and O–H groups in total. The topological polar surface area (TPSA) is 61.7 Å². The van der Waals surface area contributed by atoms with Crippen LogP contribution in [0.15, 0.2) is 24.3 Å². The summed E-state index contributed by atoms with van der Waals surface area (Å²) in [5, 5.41) is 10.4. The van der Waals surface area contributed by atoms with E-state index in [4.69, 9.17) is 27.9 Å². The van der Waals surface area contributed by atoms with Gasteiger partial charge in [0.15, 0.2) is 5.75 Å². The van der Waals surface area contributed by atoms with Crippen molar-refractivity contribution in [2.75, 3.05) is 6.61 Å². The molecule has 4 nitrogen and oxygen atoms in total. The smallest absolute Gasteiger partial charge is 0.156 e. The van der Waals surface area contributed by atoms with Gasteiger partial charge in [0.05, 0.1) is 33.3 Å². The van der Waals surface area contributed by atoms with Crippen LogP contribution in [-0.4, -0.2) is 16.6 Å². The number of aromatic nitrogens is 2. The Labute approximate surface area is 162 Å². The zero-order valence-electron chi connectivity index (χ0n) is 14.7. The summed E-state index contributed by atoms with van der Waals surface area (Å²) in [6.07, 6.45) is 1.70. The van der Waals surface area contributed by atoms with E-state index in [1.165, 1.54) is 5.56 Å². The van der Waals surface area contributed by atoms with E-state index >= 15 is 0 Å². The Bertz CT molecular complexity index is 999. The fraction of sp³-hybridized carbons (Fsp3) is 0.200. The highest BCUT2D eigenvalue weighted by Gasteiger charge is 2.12. The standard InChI is InChI=1S/C20H17Cl2N3O/c1-4-26-19-15(21)8-13(9-16(19)22)7-14(10-23)20-24-17-5-11(2)12(3)6-18(17)25-20/h5-9H,4H2,1-3H3,(H,24,25)/b14-7-. The molecule has 0 bridgehead atoms. The third-order valence-corrected chi connectivity index (χ3v) is 4.65. The minimum Gasteiger partial charge on any atom is -0.491 e. The highest BCUT2D eigenvalue weighted by molar-refractivity contribution is 6.37. The zero-order chi connectivity index (χ0) is 18.8. The van der Waals surface area contributed by atoms with Crippen LogP contribution < -0.4 is 4.74 Å². The fourth-order valence-corrected chi connectivity index (χ4v) is 3.28.